The summed E-state index contributed by atoms with van der Waals surface area (Å²) in [6.07, 6.45) is 2.07. The third kappa shape index (κ3) is 2.34. The zero-order chi connectivity index (χ0) is 12.3. The second-order valence-electron chi connectivity index (χ2n) is 4.25. The quantitative estimate of drug-likeness (QED) is 0.815. The standard InChI is InChI=1S/C13H16N2O2/c1-17-13-7-12(16)10(8-14)6-11(13)9-2-4-15-5-3-9/h6-7,9,15-16H,2-5H2,1H3. The molecule has 4 heteroatoms. The number of rotatable bonds is 2. The van der Waals surface area contributed by atoms with Gasteiger partial charge in [0, 0.05) is 6.07 Å². The minimum absolute atomic E-state index is 0.0120. The van der Waals surface area contributed by atoms with Crippen molar-refractivity contribution < 1.29 is 9.84 Å². The molecule has 90 valence electrons. The number of piperidine rings is 1. The molecule has 1 heterocycles. The van der Waals surface area contributed by atoms with Crippen molar-refractivity contribution in [3.05, 3.63) is 23.3 Å². The summed E-state index contributed by atoms with van der Waals surface area (Å²) in [5, 5.41) is 21.9. The van der Waals surface area contributed by atoms with E-state index in [1.807, 2.05) is 6.07 Å². The van der Waals surface area contributed by atoms with E-state index in [2.05, 4.69) is 5.32 Å². The number of aromatic hydroxyl groups is 1. The van der Waals surface area contributed by atoms with Crippen molar-refractivity contribution in [2.24, 2.45) is 0 Å². The molecule has 0 spiro atoms. The fourth-order valence-electron chi connectivity index (χ4n) is 2.30. The number of ether oxygens (including phenoxy) is 1. The normalized spacial score (nSPS) is 16.5. The first-order chi connectivity index (χ1) is 8.26. The lowest BCUT2D eigenvalue weighted by Gasteiger charge is -2.24. The molecule has 0 amide bonds. The average molecular weight is 232 g/mol. The molecule has 0 saturated carbocycles. The maximum absolute atomic E-state index is 9.63. The van der Waals surface area contributed by atoms with E-state index in [1.165, 1.54) is 6.07 Å². The lowest BCUT2D eigenvalue weighted by Crippen LogP contribution is -2.26. The Balaban J connectivity index is 2.40. The maximum Gasteiger partial charge on any atom is 0.137 e. The van der Waals surface area contributed by atoms with Gasteiger partial charge in [0.05, 0.1) is 12.7 Å². The van der Waals surface area contributed by atoms with E-state index in [0.29, 0.717) is 17.2 Å². The average Bonchev–Trinajstić information content (AvgIpc) is 2.39. The Morgan fingerprint density at radius 3 is 2.71 bits per heavy atom. The molecular formula is C13H16N2O2. The van der Waals surface area contributed by atoms with Gasteiger partial charge < -0.3 is 15.2 Å². The number of nitrogens with zero attached hydrogens (tertiary/aromatic N) is 1. The fraction of sp³-hybridized carbons (Fsp3) is 0.462. The van der Waals surface area contributed by atoms with Gasteiger partial charge in [0.15, 0.2) is 0 Å². The highest BCUT2D eigenvalue weighted by Crippen LogP contribution is 2.36. The molecule has 0 aromatic heterocycles. The molecular weight excluding hydrogens is 216 g/mol. The first-order valence-electron chi connectivity index (χ1n) is 5.78. The number of nitrogens with one attached hydrogen (secondary N) is 1. The van der Waals surface area contributed by atoms with Crippen molar-refractivity contribution >= 4 is 0 Å². The summed E-state index contributed by atoms with van der Waals surface area (Å²) >= 11 is 0. The first kappa shape index (κ1) is 11.7. The van der Waals surface area contributed by atoms with Crippen LogP contribution in [0.3, 0.4) is 0 Å². The number of phenols is 1. The van der Waals surface area contributed by atoms with E-state index in [-0.39, 0.29) is 5.75 Å². The summed E-state index contributed by atoms with van der Waals surface area (Å²) in [6, 6.07) is 5.30. The van der Waals surface area contributed by atoms with Crippen molar-refractivity contribution in [3.63, 3.8) is 0 Å². The lowest BCUT2D eigenvalue weighted by molar-refractivity contribution is 0.386. The van der Waals surface area contributed by atoms with Crippen LogP contribution in [0.25, 0.3) is 0 Å². The van der Waals surface area contributed by atoms with Gasteiger partial charge in [-0.25, -0.2) is 0 Å². The van der Waals surface area contributed by atoms with Gasteiger partial charge in [-0.1, -0.05) is 0 Å². The molecule has 17 heavy (non-hydrogen) atoms. The first-order valence-corrected chi connectivity index (χ1v) is 5.78. The summed E-state index contributed by atoms with van der Waals surface area (Å²) in [4.78, 5) is 0. The van der Waals surface area contributed by atoms with Crippen molar-refractivity contribution in [1.29, 1.82) is 5.26 Å². The Morgan fingerprint density at radius 1 is 1.41 bits per heavy atom. The van der Waals surface area contributed by atoms with Gasteiger partial charge in [0.25, 0.3) is 0 Å². The van der Waals surface area contributed by atoms with Crippen molar-refractivity contribution in [2.75, 3.05) is 20.2 Å². The number of methoxy groups -OCH3 is 1. The minimum atomic E-state index is -0.0120. The highest BCUT2D eigenvalue weighted by Gasteiger charge is 2.20. The van der Waals surface area contributed by atoms with E-state index in [0.717, 1.165) is 31.5 Å². The molecule has 2 rings (SSSR count). The summed E-state index contributed by atoms with van der Waals surface area (Å²) in [5.41, 5.74) is 1.35. The lowest BCUT2D eigenvalue weighted by atomic mass is 9.88. The Labute approximate surface area is 101 Å². The zero-order valence-corrected chi connectivity index (χ0v) is 9.86. The van der Waals surface area contributed by atoms with Gasteiger partial charge in [-0.2, -0.15) is 5.26 Å². The fourth-order valence-corrected chi connectivity index (χ4v) is 2.30. The molecule has 1 saturated heterocycles. The zero-order valence-electron chi connectivity index (χ0n) is 9.86. The number of phenolic OH excluding ortho intramolecular Hbond substituents is 1. The van der Waals surface area contributed by atoms with Gasteiger partial charge in [-0.3, -0.25) is 0 Å². The van der Waals surface area contributed by atoms with E-state index in [4.69, 9.17) is 10.00 Å². The topological polar surface area (TPSA) is 65.3 Å². The third-order valence-electron chi connectivity index (χ3n) is 3.25. The molecule has 0 aliphatic carbocycles. The Bertz CT molecular complexity index is 445. The summed E-state index contributed by atoms with van der Waals surface area (Å²) in [7, 11) is 1.59. The summed E-state index contributed by atoms with van der Waals surface area (Å²) < 4.78 is 5.29. The van der Waals surface area contributed by atoms with Crippen LogP contribution < -0.4 is 10.1 Å². The molecule has 4 nitrogen and oxygen atoms in total. The molecule has 1 fully saturated rings. The minimum Gasteiger partial charge on any atom is -0.506 e. The van der Waals surface area contributed by atoms with Gasteiger partial charge >= 0.3 is 0 Å². The highest BCUT2D eigenvalue weighted by atomic mass is 16.5. The van der Waals surface area contributed by atoms with Gasteiger partial charge in [-0.15, -0.1) is 0 Å². The van der Waals surface area contributed by atoms with E-state index >= 15 is 0 Å². The van der Waals surface area contributed by atoms with Crippen LogP contribution >= 0.6 is 0 Å². The van der Waals surface area contributed by atoms with Crippen LogP contribution in [0.4, 0.5) is 0 Å². The summed E-state index contributed by atoms with van der Waals surface area (Å²) in [6.45, 7) is 1.97. The van der Waals surface area contributed by atoms with Gasteiger partial charge in [0.2, 0.25) is 0 Å². The molecule has 1 aliphatic heterocycles. The second-order valence-corrected chi connectivity index (χ2v) is 4.25. The Morgan fingerprint density at radius 2 is 2.12 bits per heavy atom. The van der Waals surface area contributed by atoms with Crippen molar-refractivity contribution in [3.8, 4) is 17.6 Å². The van der Waals surface area contributed by atoms with Crippen molar-refractivity contribution in [2.45, 2.75) is 18.8 Å². The van der Waals surface area contributed by atoms with Crippen LogP contribution in [-0.4, -0.2) is 25.3 Å². The largest absolute Gasteiger partial charge is 0.506 e. The van der Waals surface area contributed by atoms with Crippen LogP contribution in [0.1, 0.15) is 29.9 Å². The molecule has 1 aliphatic rings. The SMILES string of the molecule is COc1cc(O)c(C#N)cc1C1CCNCC1. The number of nitriles is 1. The predicted octanol–water partition coefficient (Wildman–Crippen LogP) is 1.74. The van der Waals surface area contributed by atoms with Crippen LogP contribution in [-0.2, 0) is 0 Å². The van der Waals surface area contributed by atoms with Crippen LogP contribution in [0.2, 0.25) is 0 Å². The Kier molecular flexibility index (Phi) is 3.50. The maximum atomic E-state index is 9.63. The molecule has 0 radical (unpaired) electrons. The highest BCUT2D eigenvalue weighted by molar-refractivity contribution is 5.52. The van der Waals surface area contributed by atoms with E-state index in [9.17, 15) is 5.11 Å². The third-order valence-corrected chi connectivity index (χ3v) is 3.25. The molecule has 0 unspecified atom stereocenters. The van der Waals surface area contributed by atoms with Crippen LogP contribution in [0.5, 0.6) is 11.5 Å². The van der Waals surface area contributed by atoms with Gasteiger partial charge in [0.1, 0.15) is 17.6 Å². The second kappa shape index (κ2) is 5.07. The molecule has 1 aromatic carbocycles. The predicted molar refractivity (Wildman–Crippen MR) is 64.2 cm³/mol. The Hall–Kier alpha value is -1.73. The molecule has 1 aromatic rings. The van der Waals surface area contributed by atoms with E-state index < -0.39 is 0 Å². The van der Waals surface area contributed by atoms with Gasteiger partial charge in [-0.05, 0) is 43.5 Å². The molecule has 2 N–H and O–H groups in total. The monoisotopic (exact) mass is 232 g/mol. The molecule has 0 bridgehead atoms. The van der Waals surface area contributed by atoms with Crippen LogP contribution in [0.15, 0.2) is 12.1 Å². The molecule has 0 atom stereocenters. The van der Waals surface area contributed by atoms with Crippen LogP contribution in [0, 0.1) is 11.3 Å². The number of hydrogen-bond acceptors (Lipinski definition) is 4. The number of hydrogen-bond donors (Lipinski definition) is 2. The van der Waals surface area contributed by atoms with Crippen molar-refractivity contribution in [1.82, 2.24) is 5.32 Å². The number of benzene rings is 1. The smallest absolute Gasteiger partial charge is 0.137 e. The summed E-state index contributed by atoms with van der Waals surface area (Å²) in [5.74, 6) is 1.06. The van der Waals surface area contributed by atoms with E-state index in [1.54, 1.807) is 13.2 Å².